The SMILES string of the molecule is CC(C)(CCCOc1cc(F)cc(Br)c1)/C(N)=N/O. The monoisotopic (exact) mass is 332 g/mol. The fourth-order valence-corrected chi connectivity index (χ4v) is 2.02. The third kappa shape index (κ3) is 5.06. The van der Waals surface area contributed by atoms with E-state index in [1.807, 2.05) is 13.8 Å². The highest BCUT2D eigenvalue weighted by molar-refractivity contribution is 9.10. The van der Waals surface area contributed by atoms with E-state index in [4.69, 9.17) is 15.7 Å². The van der Waals surface area contributed by atoms with Crippen molar-refractivity contribution in [1.29, 1.82) is 0 Å². The van der Waals surface area contributed by atoms with Gasteiger partial charge in [0.05, 0.1) is 6.61 Å². The zero-order valence-corrected chi connectivity index (χ0v) is 12.6. The topological polar surface area (TPSA) is 67.8 Å². The molecule has 0 saturated heterocycles. The van der Waals surface area contributed by atoms with Crippen LogP contribution < -0.4 is 10.5 Å². The van der Waals surface area contributed by atoms with E-state index in [0.29, 0.717) is 23.2 Å². The first kappa shape index (κ1) is 15.8. The summed E-state index contributed by atoms with van der Waals surface area (Å²) < 4.78 is 19.2. The summed E-state index contributed by atoms with van der Waals surface area (Å²) in [5.41, 5.74) is 5.20. The van der Waals surface area contributed by atoms with Crippen LogP contribution in [0.2, 0.25) is 0 Å². The lowest BCUT2D eigenvalue weighted by atomic mass is 9.87. The standard InChI is InChI=1S/C13H18BrFN2O2/c1-13(2,12(16)17-18)4-3-5-19-11-7-9(14)6-10(15)8-11/h6-8,18H,3-5H2,1-2H3,(H2,16,17). The van der Waals surface area contributed by atoms with Crippen LogP contribution in [-0.2, 0) is 0 Å². The van der Waals surface area contributed by atoms with Crippen LogP contribution in [0.15, 0.2) is 27.8 Å². The summed E-state index contributed by atoms with van der Waals surface area (Å²) in [6, 6.07) is 4.41. The molecule has 0 fully saturated rings. The van der Waals surface area contributed by atoms with E-state index in [2.05, 4.69) is 21.1 Å². The zero-order valence-electron chi connectivity index (χ0n) is 11.0. The second-order valence-corrected chi connectivity index (χ2v) is 5.84. The minimum atomic E-state index is -0.388. The van der Waals surface area contributed by atoms with E-state index in [9.17, 15) is 4.39 Å². The summed E-state index contributed by atoms with van der Waals surface area (Å²) >= 11 is 3.20. The summed E-state index contributed by atoms with van der Waals surface area (Å²) in [6.45, 7) is 4.22. The predicted molar refractivity (Wildman–Crippen MR) is 76.0 cm³/mol. The van der Waals surface area contributed by atoms with Crippen molar-refractivity contribution in [3.8, 4) is 5.75 Å². The number of nitrogens with zero attached hydrogens (tertiary/aromatic N) is 1. The van der Waals surface area contributed by atoms with Gasteiger partial charge in [-0.15, -0.1) is 0 Å². The van der Waals surface area contributed by atoms with Gasteiger partial charge in [0.2, 0.25) is 0 Å². The van der Waals surface area contributed by atoms with E-state index in [-0.39, 0.29) is 17.1 Å². The van der Waals surface area contributed by atoms with Gasteiger partial charge in [-0.05, 0) is 25.0 Å². The van der Waals surface area contributed by atoms with Crippen molar-refractivity contribution in [3.63, 3.8) is 0 Å². The Kier molecular flexibility index (Phi) is 5.60. The third-order valence-corrected chi connectivity index (χ3v) is 3.31. The minimum Gasteiger partial charge on any atom is -0.493 e. The van der Waals surface area contributed by atoms with Crippen LogP contribution in [0.3, 0.4) is 0 Å². The van der Waals surface area contributed by atoms with Gasteiger partial charge in [-0.3, -0.25) is 0 Å². The molecule has 0 amide bonds. The second kappa shape index (κ2) is 6.75. The third-order valence-electron chi connectivity index (χ3n) is 2.85. The average molecular weight is 333 g/mol. The van der Waals surface area contributed by atoms with E-state index in [1.165, 1.54) is 12.1 Å². The first-order chi connectivity index (χ1) is 8.85. The van der Waals surface area contributed by atoms with Gasteiger partial charge < -0.3 is 15.7 Å². The van der Waals surface area contributed by atoms with Crippen molar-refractivity contribution in [2.45, 2.75) is 26.7 Å². The maximum absolute atomic E-state index is 13.1. The summed E-state index contributed by atoms with van der Waals surface area (Å²) in [4.78, 5) is 0. The Hall–Kier alpha value is -1.30. The molecule has 0 atom stereocenters. The lowest BCUT2D eigenvalue weighted by Gasteiger charge is -2.22. The molecule has 106 valence electrons. The lowest BCUT2D eigenvalue weighted by molar-refractivity contribution is 0.276. The van der Waals surface area contributed by atoms with E-state index in [1.54, 1.807) is 6.07 Å². The fourth-order valence-electron chi connectivity index (χ4n) is 1.58. The normalized spacial score (nSPS) is 12.5. The molecule has 0 saturated carbocycles. The molecule has 4 nitrogen and oxygen atoms in total. The molecule has 1 aromatic carbocycles. The maximum Gasteiger partial charge on any atom is 0.144 e. The van der Waals surface area contributed by atoms with Crippen molar-refractivity contribution in [2.24, 2.45) is 16.3 Å². The average Bonchev–Trinajstić information content (AvgIpc) is 2.32. The Labute approximate surface area is 120 Å². The van der Waals surface area contributed by atoms with E-state index >= 15 is 0 Å². The largest absolute Gasteiger partial charge is 0.493 e. The van der Waals surface area contributed by atoms with Crippen LogP contribution >= 0.6 is 15.9 Å². The summed E-state index contributed by atoms with van der Waals surface area (Å²) in [7, 11) is 0. The molecule has 0 unspecified atom stereocenters. The van der Waals surface area contributed by atoms with Crippen LogP contribution in [0.4, 0.5) is 4.39 Å². The van der Waals surface area contributed by atoms with Crippen LogP contribution in [0.5, 0.6) is 5.75 Å². The van der Waals surface area contributed by atoms with E-state index < -0.39 is 0 Å². The number of rotatable bonds is 6. The number of hydrogen-bond donors (Lipinski definition) is 2. The first-order valence-electron chi connectivity index (χ1n) is 5.92. The van der Waals surface area contributed by atoms with Crippen molar-refractivity contribution in [1.82, 2.24) is 0 Å². The molecule has 0 radical (unpaired) electrons. The molecule has 0 aliphatic rings. The molecule has 0 aliphatic carbocycles. The van der Waals surface area contributed by atoms with Crippen LogP contribution in [0.1, 0.15) is 26.7 Å². The number of halogens is 2. The van der Waals surface area contributed by atoms with Gasteiger partial charge >= 0.3 is 0 Å². The van der Waals surface area contributed by atoms with Crippen molar-refractivity contribution in [2.75, 3.05) is 6.61 Å². The quantitative estimate of drug-likeness (QED) is 0.275. The molecule has 6 heteroatoms. The Bertz CT molecular complexity index is 444. The first-order valence-corrected chi connectivity index (χ1v) is 6.71. The number of amidine groups is 1. The van der Waals surface area contributed by atoms with Gasteiger partial charge in [-0.2, -0.15) is 0 Å². The number of hydrogen-bond acceptors (Lipinski definition) is 3. The molecule has 0 heterocycles. The molecule has 19 heavy (non-hydrogen) atoms. The smallest absolute Gasteiger partial charge is 0.144 e. The maximum atomic E-state index is 13.1. The number of nitrogens with two attached hydrogens (primary N) is 1. The Morgan fingerprint density at radius 2 is 2.16 bits per heavy atom. The fraction of sp³-hybridized carbons (Fsp3) is 0.462. The van der Waals surface area contributed by atoms with Crippen LogP contribution in [-0.4, -0.2) is 17.6 Å². The van der Waals surface area contributed by atoms with Crippen LogP contribution in [0, 0.1) is 11.2 Å². The van der Waals surface area contributed by atoms with Gasteiger partial charge in [0, 0.05) is 16.0 Å². The highest BCUT2D eigenvalue weighted by Crippen LogP contribution is 2.24. The Balaban J connectivity index is 2.43. The molecular weight excluding hydrogens is 315 g/mol. The molecular formula is C13H18BrFN2O2. The summed E-state index contributed by atoms with van der Waals surface area (Å²) in [5, 5.41) is 11.7. The van der Waals surface area contributed by atoms with Gasteiger partial charge in [-0.1, -0.05) is 34.9 Å². The van der Waals surface area contributed by atoms with E-state index in [0.717, 1.165) is 6.42 Å². The molecule has 0 bridgehead atoms. The molecule has 3 N–H and O–H groups in total. The highest BCUT2D eigenvalue weighted by Gasteiger charge is 2.22. The molecule has 0 aromatic heterocycles. The Morgan fingerprint density at radius 3 is 2.74 bits per heavy atom. The highest BCUT2D eigenvalue weighted by atomic mass is 79.9. The Morgan fingerprint density at radius 1 is 1.47 bits per heavy atom. The zero-order chi connectivity index (χ0) is 14.5. The van der Waals surface area contributed by atoms with Crippen molar-refractivity contribution in [3.05, 3.63) is 28.5 Å². The number of benzene rings is 1. The second-order valence-electron chi connectivity index (χ2n) is 4.93. The lowest BCUT2D eigenvalue weighted by Crippen LogP contribution is -2.32. The molecule has 0 spiro atoms. The summed E-state index contributed by atoms with van der Waals surface area (Å²) in [5.74, 6) is 0.329. The molecule has 0 aliphatic heterocycles. The van der Waals surface area contributed by atoms with Gasteiger partial charge in [0.15, 0.2) is 0 Å². The van der Waals surface area contributed by atoms with Gasteiger partial charge in [0.1, 0.15) is 17.4 Å². The molecule has 1 aromatic rings. The van der Waals surface area contributed by atoms with Gasteiger partial charge in [-0.25, -0.2) is 4.39 Å². The minimum absolute atomic E-state index is 0.195. The van der Waals surface area contributed by atoms with Gasteiger partial charge in [0.25, 0.3) is 0 Å². The van der Waals surface area contributed by atoms with Crippen molar-refractivity contribution >= 4 is 21.8 Å². The predicted octanol–water partition coefficient (Wildman–Crippen LogP) is 3.52. The van der Waals surface area contributed by atoms with Crippen LogP contribution in [0.25, 0.3) is 0 Å². The summed E-state index contributed by atoms with van der Waals surface area (Å²) in [6.07, 6.45) is 1.43. The van der Waals surface area contributed by atoms with Crippen molar-refractivity contribution < 1.29 is 14.3 Å². The number of ether oxygens (including phenoxy) is 1. The molecule has 1 rings (SSSR count). The number of oxime groups is 1.